The van der Waals surface area contributed by atoms with Crippen molar-refractivity contribution in [1.82, 2.24) is 4.90 Å². The van der Waals surface area contributed by atoms with E-state index in [0.29, 0.717) is 6.54 Å². The molecule has 0 aromatic carbocycles. The Morgan fingerprint density at radius 1 is 1.69 bits per heavy atom. The molecule has 0 bridgehead atoms. The molecule has 1 fully saturated rings. The van der Waals surface area contributed by atoms with Crippen LogP contribution >= 0.6 is 0 Å². The lowest BCUT2D eigenvalue weighted by Gasteiger charge is -2.48. The summed E-state index contributed by atoms with van der Waals surface area (Å²) in [4.78, 5) is 12.8. The number of carbonyl (C=O) groups is 1. The van der Waals surface area contributed by atoms with Crippen molar-refractivity contribution >= 4 is 16.8 Å². The van der Waals surface area contributed by atoms with Gasteiger partial charge in [0.25, 0.3) is 0 Å². The third kappa shape index (κ3) is 2.18. The third-order valence-corrected chi connectivity index (χ3v) is 4.43. The molecule has 90 valence electrons. The van der Waals surface area contributed by atoms with Gasteiger partial charge in [0, 0.05) is 32.5 Å². The fourth-order valence-electron chi connectivity index (χ4n) is 1.97. The van der Waals surface area contributed by atoms with Crippen LogP contribution in [0.2, 0.25) is 0 Å². The standard InChI is InChI=1S/C10H15NO4S/c1-7(12)15-5-8-3-11-4-9(14-2)10(11)16(13)6-8/h6,9-10H,3-5H2,1-2H3/t9-,10?,16?/m0/s1. The molecule has 0 saturated carbocycles. The summed E-state index contributed by atoms with van der Waals surface area (Å²) in [7, 11) is 0.581. The molecule has 2 unspecified atom stereocenters. The van der Waals surface area contributed by atoms with Gasteiger partial charge in [-0.15, -0.1) is 0 Å². The first kappa shape index (κ1) is 11.8. The van der Waals surface area contributed by atoms with Gasteiger partial charge in [-0.25, -0.2) is 0 Å². The second kappa shape index (κ2) is 4.65. The van der Waals surface area contributed by atoms with E-state index in [-0.39, 0.29) is 24.1 Å². The van der Waals surface area contributed by atoms with Gasteiger partial charge >= 0.3 is 5.97 Å². The molecule has 16 heavy (non-hydrogen) atoms. The summed E-state index contributed by atoms with van der Waals surface area (Å²) >= 11 is 0. The minimum atomic E-state index is -1.06. The molecule has 2 heterocycles. The van der Waals surface area contributed by atoms with Crippen molar-refractivity contribution < 1.29 is 18.5 Å². The van der Waals surface area contributed by atoms with Crippen molar-refractivity contribution in [2.75, 3.05) is 26.8 Å². The number of ether oxygens (including phenoxy) is 2. The van der Waals surface area contributed by atoms with Gasteiger partial charge in [-0.3, -0.25) is 13.9 Å². The van der Waals surface area contributed by atoms with Crippen LogP contribution < -0.4 is 0 Å². The average molecular weight is 245 g/mol. The van der Waals surface area contributed by atoms with Crippen LogP contribution in [0.4, 0.5) is 0 Å². The van der Waals surface area contributed by atoms with E-state index in [1.165, 1.54) is 6.92 Å². The Balaban J connectivity index is 1.97. The van der Waals surface area contributed by atoms with E-state index in [9.17, 15) is 9.00 Å². The van der Waals surface area contributed by atoms with Gasteiger partial charge in [0.2, 0.25) is 0 Å². The molecular weight excluding hydrogens is 230 g/mol. The van der Waals surface area contributed by atoms with Gasteiger partial charge in [0.1, 0.15) is 12.0 Å². The van der Waals surface area contributed by atoms with Crippen molar-refractivity contribution in [2.24, 2.45) is 0 Å². The number of fused-ring (bicyclic) bond motifs is 1. The molecular formula is C10H15NO4S. The van der Waals surface area contributed by atoms with E-state index in [1.807, 2.05) is 0 Å². The molecule has 0 spiro atoms. The first-order valence-corrected chi connectivity index (χ1v) is 6.38. The monoisotopic (exact) mass is 245 g/mol. The van der Waals surface area contributed by atoms with Gasteiger partial charge in [-0.05, 0) is 5.57 Å². The van der Waals surface area contributed by atoms with Crippen LogP contribution in [0.15, 0.2) is 11.0 Å². The summed E-state index contributed by atoms with van der Waals surface area (Å²) in [6.45, 7) is 3.11. The number of carbonyl (C=O) groups excluding carboxylic acids is 1. The van der Waals surface area contributed by atoms with Crippen molar-refractivity contribution in [3.05, 3.63) is 11.0 Å². The van der Waals surface area contributed by atoms with Gasteiger partial charge < -0.3 is 9.47 Å². The Bertz CT molecular complexity index is 355. The molecule has 0 aromatic rings. The molecule has 5 nitrogen and oxygen atoms in total. The summed E-state index contributed by atoms with van der Waals surface area (Å²) in [6.07, 6.45) is 0.0624. The number of methoxy groups -OCH3 is 1. The Morgan fingerprint density at radius 3 is 3.00 bits per heavy atom. The normalized spacial score (nSPS) is 33.6. The molecule has 0 amide bonds. The molecule has 1 saturated heterocycles. The van der Waals surface area contributed by atoms with Crippen molar-refractivity contribution in [3.8, 4) is 0 Å². The number of nitrogens with zero attached hydrogens (tertiary/aromatic N) is 1. The van der Waals surface area contributed by atoms with Gasteiger partial charge in [0.05, 0.1) is 16.9 Å². The van der Waals surface area contributed by atoms with E-state index in [1.54, 1.807) is 12.5 Å². The van der Waals surface area contributed by atoms with E-state index in [2.05, 4.69) is 4.90 Å². The Labute approximate surface area is 96.8 Å². The zero-order valence-electron chi connectivity index (χ0n) is 9.34. The van der Waals surface area contributed by atoms with E-state index >= 15 is 0 Å². The number of rotatable bonds is 3. The summed E-state index contributed by atoms with van der Waals surface area (Å²) < 4.78 is 22.0. The van der Waals surface area contributed by atoms with Crippen molar-refractivity contribution in [1.29, 1.82) is 0 Å². The fraction of sp³-hybridized carbons (Fsp3) is 0.700. The van der Waals surface area contributed by atoms with Crippen LogP contribution in [0, 0.1) is 0 Å². The van der Waals surface area contributed by atoms with Crippen LogP contribution in [0.1, 0.15) is 6.92 Å². The topological polar surface area (TPSA) is 55.8 Å². The van der Waals surface area contributed by atoms with Crippen LogP contribution in [-0.4, -0.2) is 53.4 Å². The molecule has 2 aliphatic rings. The smallest absolute Gasteiger partial charge is 0.302 e. The highest BCUT2D eigenvalue weighted by Crippen LogP contribution is 2.29. The van der Waals surface area contributed by atoms with E-state index in [4.69, 9.17) is 9.47 Å². The van der Waals surface area contributed by atoms with E-state index < -0.39 is 10.8 Å². The fourth-order valence-corrected chi connectivity index (χ4v) is 3.53. The number of hydrogen-bond acceptors (Lipinski definition) is 5. The minimum Gasteiger partial charge on any atom is -0.461 e. The van der Waals surface area contributed by atoms with Gasteiger partial charge in [0.15, 0.2) is 0 Å². The molecule has 0 aromatic heterocycles. The SMILES string of the molecule is CO[C@H]1CN2CC(COC(C)=O)=CS(=O)C12. The summed E-state index contributed by atoms with van der Waals surface area (Å²) in [5.41, 5.74) is 0.902. The average Bonchev–Trinajstić information content (AvgIpc) is 2.17. The lowest BCUT2D eigenvalue weighted by molar-refractivity contribution is -0.140. The van der Waals surface area contributed by atoms with Gasteiger partial charge in [-0.1, -0.05) is 0 Å². The maximum absolute atomic E-state index is 11.9. The molecule has 0 aliphatic carbocycles. The maximum Gasteiger partial charge on any atom is 0.302 e. The quantitative estimate of drug-likeness (QED) is 0.647. The second-order valence-electron chi connectivity index (χ2n) is 3.98. The summed E-state index contributed by atoms with van der Waals surface area (Å²) in [6, 6.07) is 0. The third-order valence-electron chi connectivity index (χ3n) is 2.78. The summed E-state index contributed by atoms with van der Waals surface area (Å²) in [5, 5.41) is 1.67. The number of esters is 1. The molecule has 2 rings (SSSR count). The number of hydrogen-bond donors (Lipinski definition) is 0. The highest BCUT2D eigenvalue weighted by atomic mass is 32.2. The Hall–Kier alpha value is -0.720. The Kier molecular flexibility index (Phi) is 3.41. The molecule has 0 radical (unpaired) electrons. The minimum absolute atomic E-state index is 0.0221. The van der Waals surface area contributed by atoms with Crippen molar-refractivity contribution in [2.45, 2.75) is 18.4 Å². The summed E-state index contributed by atoms with van der Waals surface area (Å²) in [5.74, 6) is -0.313. The molecule has 6 heteroatoms. The lowest BCUT2D eigenvalue weighted by atomic mass is 10.1. The van der Waals surface area contributed by atoms with Crippen molar-refractivity contribution in [3.63, 3.8) is 0 Å². The van der Waals surface area contributed by atoms with Crippen LogP contribution in [-0.2, 0) is 25.1 Å². The largest absolute Gasteiger partial charge is 0.461 e. The van der Waals surface area contributed by atoms with Crippen LogP contribution in [0.25, 0.3) is 0 Å². The first-order chi connectivity index (χ1) is 7.61. The van der Waals surface area contributed by atoms with Gasteiger partial charge in [-0.2, -0.15) is 0 Å². The lowest BCUT2D eigenvalue weighted by Crippen LogP contribution is -2.64. The second-order valence-corrected chi connectivity index (χ2v) is 5.35. The van der Waals surface area contributed by atoms with Crippen LogP contribution in [0.3, 0.4) is 0 Å². The highest BCUT2D eigenvalue weighted by molar-refractivity contribution is 7.88. The predicted molar refractivity (Wildman–Crippen MR) is 59.0 cm³/mol. The first-order valence-electron chi connectivity index (χ1n) is 5.11. The van der Waals surface area contributed by atoms with Crippen LogP contribution in [0.5, 0.6) is 0 Å². The molecule has 2 aliphatic heterocycles. The predicted octanol–water partition coefficient (Wildman–Crippen LogP) is -0.148. The Morgan fingerprint density at radius 2 is 2.44 bits per heavy atom. The highest BCUT2D eigenvalue weighted by Gasteiger charge is 2.45. The molecule has 3 atom stereocenters. The zero-order chi connectivity index (χ0) is 11.7. The maximum atomic E-state index is 11.9. The molecule has 0 N–H and O–H groups in total. The zero-order valence-corrected chi connectivity index (χ0v) is 10.2. The van der Waals surface area contributed by atoms with E-state index in [0.717, 1.165) is 12.1 Å².